The minimum atomic E-state index is 0.182. The van der Waals surface area contributed by atoms with Gasteiger partial charge in [0.05, 0.1) is 0 Å². The molecule has 17 heavy (non-hydrogen) atoms. The molecule has 1 N–H and O–H groups in total. The van der Waals surface area contributed by atoms with Crippen molar-refractivity contribution in [2.24, 2.45) is 5.41 Å². The highest BCUT2D eigenvalue weighted by Crippen LogP contribution is 2.39. The van der Waals surface area contributed by atoms with Gasteiger partial charge in [-0.05, 0) is 18.0 Å². The zero-order valence-electron chi connectivity index (χ0n) is 11.3. The fourth-order valence-corrected chi connectivity index (χ4v) is 2.39. The number of hydrogen-bond donors (Lipinski definition) is 1. The first kappa shape index (κ1) is 12.4. The van der Waals surface area contributed by atoms with E-state index in [0.29, 0.717) is 6.04 Å². The molecule has 1 aliphatic heterocycles. The van der Waals surface area contributed by atoms with Crippen LogP contribution in [-0.2, 0) is 0 Å². The predicted molar refractivity (Wildman–Crippen MR) is 71.3 cm³/mol. The van der Waals surface area contributed by atoms with Crippen molar-refractivity contribution in [1.29, 1.82) is 0 Å². The number of benzene rings is 1. The van der Waals surface area contributed by atoms with Crippen molar-refractivity contribution in [2.45, 2.75) is 46.3 Å². The standard InChI is InChI=1S/C15H23NO/c1-5-16-12-10-14(15(2,3)4)17-13-9-7-6-8-11(12)13/h6-9,12,14,16H,5,10H2,1-4H3. The van der Waals surface area contributed by atoms with E-state index in [1.807, 2.05) is 6.07 Å². The van der Waals surface area contributed by atoms with E-state index in [-0.39, 0.29) is 11.5 Å². The quantitative estimate of drug-likeness (QED) is 0.843. The topological polar surface area (TPSA) is 21.3 Å². The van der Waals surface area contributed by atoms with Gasteiger partial charge in [0, 0.05) is 18.0 Å². The lowest BCUT2D eigenvalue weighted by Crippen LogP contribution is -2.40. The molecule has 1 aliphatic rings. The molecular formula is C15H23NO. The van der Waals surface area contributed by atoms with E-state index < -0.39 is 0 Å². The smallest absolute Gasteiger partial charge is 0.124 e. The van der Waals surface area contributed by atoms with Crippen LogP contribution in [0.3, 0.4) is 0 Å². The molecule has 0 amide bonds. The molecule has 2 heteroatoms. The Hall–Kier alpha value is -1.02. The van der Waals surface area contributed by atoms with E-state index in [9.17, 15) is 0 Å². The monoisotopic (exact) mass is 233 g/mol. The zero-order valence-corrected chi connectivity index (χ0v) is 11.3. The van der Waals surface area contributed by atoms with Gasteiger partial charge in [0.15, 0.2) is 0 Å². The Morgan fingerprint density at radius 1 is 1.29 bits per heavy atom. The Bertz CT molecular complexity index is 381. The third-order valence-corrected chi connectivity index (χ3v) is 3.43. The highest BCUT2D eigenvalue weighted by molar-refractivity contribution is 5.38. The van der Waals surface area contributed by atoms with E-state index in [2.05, 4.69) is 51.2 Å². The van der Waals surface area contributed by atoms with Crippen molar-refractivity contribution in [3.05, 3.63) is 29.8 Å². The SMILES string of the molecule is CCNC1CC(C(C)(C)C)Oc2ccccc21. The van der Waals surface area contributed by atoms with Crippen molar-refractivity contribution in [1.82, 2.24) is 5.32 Å². The highest BCUT2D eigenvalue weighted by atomic mass is 16.5. The number of nitrogens with one attached hydrogen (secondary N) is 1. The molecular weight excluding hydrogens is 210 g/mol. The van der Waals surface area contributed by atoms with Gasteiger partial charge in [-0.1, -0.05) is 45.9 Å². The summed E-state index contributed by atoms with van der Waals surface area (Å²) in [5, 5.41) is 3.56. The van der Waals surface area contributed by atoms with Gasteiger partial charge in [0.25, 0.3) is 0 Å². The fraction of sp³-hybridized carbons (Fsp3) is 0.600. The summed E-state index contributed by atoms with van der Waals surface area (Å²) < 4.78 is 6.13. The normalized spacial score (nSPS) is 24.0. The molecule has 1 aromatic rings. The van der Waals surface area contributed by atoms with E-state index in [1.165, 1.54) is 5.56 Å². The third-order valence-electron chi connectivity index (χ3n) is 3.43. The van der Waals surface area contributed by atoms with Crippen LogP contribution in [-0.4, -0.2) is 12.6 Å². The molecule has 0 aliphatic carbocycles. The van der Waals surface area contributed by atoms with Crippen molar-refractivity contribution in [3.63, 3.8) is 0 Å². The van der Waals surface area contributed by atoms with E-state index in [4.69, 9.17) is 4.74 Å². The van der Waals surface area contributed by atoms with Crippen molar-refractivity contribution < 1.29 is 4.74 Å². The van der Waals surface area contributed by atoms with Crippen LogP contribution in [0.4, 0.5) is 0 Å². The molecule has 0 fully saturated rings. The third kappa shape index (κ3) is 2.63. The van der Waals surface area contributed by atoms with Crippen LogP contribution in [0.1, 0.15) is 45.7 Å². The van der Waals surface area contributed by atoms with Crippen LogP contribution in [0.15, 0.2) is 24.3 Å². The second-order valence-corrected chi connectivity index (χ2v) is 5.86. The van der Waals surface area contributed by atoms with Gasteiger partial charge in [-0.2, -0.15) is 0 Å². The van der Waals surface area contributed by atoms with Crippen LogP contribution < -0.4 is 10.1 Å². The minimum absolute atomic E-state index is 0.182. The first-order chi connectivity index (χ1) is 8.02. The first-order valence-electron chi connectivity index (χ1n) is 6.51. The maximum Gasteiger partial charge on any atom is 0.124 e. The largest absolute Gasteiger partial charge is 0.489 e. The number of para-hydroxylation sites is 1. The minimum Gasteiger partial charge on any atom is -0.489 e. The van der Waals surface area contributed by atoms with Crippen molar-refractivity contribution in [3.8, 4) is 5.75 Å². The second-order valence-electron chi connectivity index (χ2n) is 5.86. The van der Waals surface area contributed by atoms with Gasteiger partial charge in [-0.25, -0.2) is 0 Å². The van der Waals surface area contributed by atoms with Gasteiger partial charge in [-0.3, -0.25) is 0 Å². The molecule has 0 bridgehead atoms. The molecule has 94 valence electrons. The van der Waals surface area contributed by atoms with Crippen LogP contribution in [0, 0.1) is 5.41 Å². The maximum atomic E-state index is 6.13. The molecule has 0 aromatic heterocycles. The Morgan fingerprint density at radius 3 is 2.65 bits per heavy atom. The number of hydrogen-bond acceptors (Lipinski definition) is 2. The summed E-state index contributed by atoms with van der Waals surface area (Å²) in [4.78, 5) is 0. The molecule has 1 aromatic carbocycles. The summed E-state index contributed by atoms with van der Waals surface area (Å²) in [6, 6.07) is 8.81. The second kappa shape index (κ2) is 4.69. The van der Waals surface area contributed by atoms with Crippen LogP contribution in [0.2, 0.25) is 0 Å². The lowest BCUT2D eigenvalue weighted by Gasteiger charge is -2.39. The number of ether oxygens (including phenoxy) is 1. The van der Waals surface area contributed by atoms with Crippen molar-refractivity contribution in [2.75, 3.05) is 6.54 Å². The molecule has 0 spiro atoms. The Balaban J connectivity index is 2.29. The molecule has 2 unspecified atom stereocenters. The Kier molecular flexibility index (Phi) is 3.43. The summed E-state index contributed by atoms with van der Waals surface area (Å²) in [6.07, 6.45) is 1.33. The van der Waals surface area contributed by atoms with Gasteiger partial charge in [-0.15, -0.1) is 0 Å². The van der Waals surface area contributed by atoms with E-state index >= 15 is 0 Å². The molecule has 2 rings (SSSR count). The predicted octanol–water partition coefficient (Wildman–Crippen LogP) is 3.53. The zero-order chi connectivity index (χ0) is 12.5. The van der Waals surface area contributed by atoms with Gasteiger partial charge in [0.2, 0.25) is 0 Å². The molecule has 2 nitrogen and oxygen atoms in total. The maximum absolute atomic E-state index is 6.13. The first-order valence-corrected chi connectivity index (χ1v) is 6.51. The highest BCUT2D eigenvalue weighted by Gasteiger charge is 2.34. The summed E-state index contributed by atoms with van der Waals surface area (Å²) >= 11 is 0. The molecule has 0 radical (unpaired) electrons. The molecule has 2 atom stereocenters. The van der Waals surface area contributed by atoms with Crippen LogP contribution in [0.25, 0.3) is 0 Å². The summed E-state index contributed by atoms with van der Waals surface area (Å²) in [5.74, 6) is 1.05. The van der Waals surface area contributed by atoms with E-state index in [1.54, 1.807) is 0 Å². The lowest BCUT2D eigenvalue weighted by molar-refractivity contribution is 0.0531. The fourth-order valence-electron chi connectivity index (χ4n) is 2.39. The van der Waals surface area contributed by atoms with Crippen LogP contribution in [0.5, 0.6) is 5.75 Å². The average Bonchev–Trinajstić information content (AvgIpc) is 2.28. The average molecular weight is 233 g/mol. The molecule has 0 saturated carbocycles. The Morgan fingerprint density at radius 2 is 2.00 bits per heavy atom. The van der Waals surface area contributed by atoms with Crippen LogP contribution >= 0.6 is 0 Å². The molecule has 1 heterocycles. The van der Waals surface area contributed by atoms with E-state index in [0.717, 1.165) is 18.7 Å². The van der Waals surface area contributed by atoms with Gasteiger partial charge in [0.1, 0.15) is 11.9 Å². The molecule has 0 saturated heterocycles. The van der Waals surface area contributed by atoms with Crippen molar-refractivity contribution >= 4 is 0 Å². The lowest BCUT2D eigenvalue weighted by atomic mass is 9.82. The Labute approximate surface area is 104 Å². The van der Waals surface area contributed by atoms with Gasteiger partial charge >= 0.3 is 0 Å². The number of fused-ring (bicyclic) bond motifs is 1. The summed E-state index contributed by atoms with van der Waals surface area (Å²) in [5.41, 5.74) is 1.48. The number of rotatable bonds is 2. The summed E-state index contributed by atoms with van der Waals surface area (Å²) in [6.45, 7) is 9.89. The van der Waals surface area contributed by atoms with Gasteiger partial charge < -0.3 is 10.1 Å². The summed E-state index contributed by atoms with van der Waals surface area (Å²) in [7, 11) is 0.